The van der Waals surface area contributed by atoms with E-state index in [0.717, 1.165) is 12.0 Å². The van der Waals surface area contributed by atoms with E-state index in [9.17, 15) is 13.2 Å². The van der Waals surface area contributed by atoms with Gasteiger partial charge in [0.25, 0.3) is 0 Å². The molecule has 0 radical (unpaired) electrons. The van der Waals surface area contributed by atoms with Crippen LogP contribution in [0.25, 0.3) is 0 Å². The largest absolute Gasteiger partial charge is 0.381 e. The van der Waals surface area contributed by atoms with Crippen molar-refractivity contribution in [1.29, 1.82) is 0 Å². The standard InChI is InChI=1S/C21H30N2O5S/c1-2-17-3-5-18(6-4-17)29(25,26)23-15-19(20(24)22-9-13-28-14-10-22)21(16-23)7-11-27-12-8-21/h3-6,19H,2,7-16H2,1H3. The smallest absolute Gasteiger partial charge is 0.243 e. The Morgan fingerprint density at radius 2 is 1.69 bits per heavy atom. The summed E-state index contributed by atoms with van der Waals surface area (Å²) in [6, 6.07) is 7.09. The minimum absolute atomic E-state index is 0.0641. The van der Waals surface area contributed by atoms with Crippen molar-refractivity contribution in [2.24, 2.45) is 11.3 Å². The number of rotatable bonds is 4. The number of carbonyl (C=O) groups is 1. The van der Waals surface area contributed by atoms with Gasteiger partial charge in [-0.15, -0.1) is 0 Å². The zero-order chi connectivity index (χ0) is 20.5. The maximum Gasteiger partial charge on any atom is 0.243 e. The summed E-state index contributed by atoms with van der Waals surface area (Å²) in [7, 11) is -3.64. The molecule has 160 valence electrons. The fourth-order valence-corrected chi connectivity index (χ4v) is 6.33. The number of hydrogen-bond acceptors (Lipinski definition) is 5. The Morgan fingerprint density at radius 3 is 2.31 bits per heavy atom. The van der Waals surface area contributed by atoms with Crippen LogP contribution in [-0.2, 0) is 30.7 Å². The Hall–Kier alpha value is -1.48. The van der Waals surface area contributed by atoms with Gasteiger partial charge in [-0.05, 0) is 37.0 Å². The number of carbonyl (C=O) groups excluding carboxylic acids is 1. The lowest BCUT2D eigenvalue weighted by Crippen LogP contribution is -2.49. The number of nitrogens with zero attached hydrogens (tertiary/aromatic N) is 2. The molecule has 3 heterocycles. The predicted octanol–water partition coefficient (Wildman–Crippen LogP) is 1.53. The van der Waals surface area contributed by atoms with E-state index >= 15 is 0 Å². The van der Waals surface area contributed by atoms with Crippen LogP contribution >= 0.6 is 0 Å². The van der Waals surface area contributed by atoms with Crippen LogP contribution in [0.15, 0.2) is 29.2 Å². The van der Waals surface area contributed by atoms with Gasteiger partial charge in [0.1, 0.15) is 0 Å². The highest BCUT2D eigenvalue weighted by atomic mass is 32.2. The van der Waals surface area contributed by atoms with E-state index in [1.807, 2.05) is 24.0 Å². The monoisotopic (exact) mass is 422 g/mol. The van der Waals surface area contributed by atoms with Crippen LogP contribution in [0.4, 0.5) is 0 Å². The zero-order valence-corrected chi connectivity index (χ0v) is 17.8. The van der Waals surface area contributed by atoms with Crippen molar-refractivity contribution in [3.05, 3.63) is 29.8 Å². The topological polar surface area (TPSA) is 76.2 Å². The van der Waals surface area contributed by atoms with Gasteiger partial charge in [-0.1, -0.05) is 19.1 Å². The SMILES string of the molecule is CCc1ccc(S(=O)(=O)N2CC(C(=O)N3CCOCC3)C3(CCOCC3)C2)cc1. The first-order chi connectivity index (χ1) is 14.0. The molecule has 3 aliphatic heterocycles. The molecule has 0 N–H and O–H groups in total. The Morgan fingerprint density at radius 1 is 1.07 bits per heavy atom. The molecule has 29 heavy (non-hydrogen) atoms. The van der Waals surface area contributed by atoms with Crippen LogP contribution in [0.5, 0.6) is 0 Å². The molecule has 0 bridgehead atoms. The minimum atomic E-state index is -3.64. The first-order valence-corrected chi connectivity index (χ1v) is 11.9. The number of amides is 1. The summed E-state index contributed by atoms with van der Waals surface area (Å²) >= 11 is 0. The Labute approximate surface area is 173 Å². The Kier molecular flexibility index (Phi) is 5.97. The average Bonchev–Trinajstić information content (AvgIpc) is 3.13. The summed E-state index contributed by atoms with van der Waals surface area (Å²) in [6.07, 6.45) is 2.30. The minimum Gasteiger partial charge on any atom is -0.381 e. The molecule has 3 saturated heterocycles. The molecule has 4 rings (SSSR count). The number of aryl methyl sites for hydroxylation is 1. The molecule has 1 spiro atoms. The molecule has 1 atom stereocenters. The summed E-state index contributed by atoms with van der Waals surface area (Å²) < 4.78 is 39.2. The molecular weight excluding hydrogens is 392 g/mol. The van der Waals surface area contributed by atoms with Crippen LogP contribution in [0.3, 0.4) is 0 Å². The summed E-state index contributed by atoms with van der Waals surface area (Å²) in [4.78, 5) is 15.5. The van der Waals surface area contributed by atoms with Gasteiger partial charge in [-0.3, -0.25) is 4.79 Å². The normalized spacial score (nSPS) is 25.4. The van der Waals surface area contributed by atoms with Gasteiger partial charge in [0.15, 0.2) is 0 Å². The molecule has 3 aliphatic rings. The van der Waals surface area contributed by atoms with Gasteiger partial charge < -0.3 is 14.4 Å². The highest BCUT2D eigenvalue weighted by Crippen LogP contribution is 2.46. The third-order valence-corrected chi connectivity index (χ3v) is 8.52. The van der Waals surface area contributed by atoms with E-state index in [-0.39, 0.29) is 23.8 Å². The first-order valence-electron chi connectivity index (χ1n) is 10.5. The van der Waals surface area contributed by atoms with Crippen LogP contribution < -0.4 is 0 Å². The summed E-state index contributed by atoms with van der Waals surface area (Å²) in [5.41, 5.74) is 0.760. The molecular formula is C21H30N2O5S. The van der Waals surface area contributed by atoms with Gasteiger partial charge in [0.05, 0.1) is 24.0 Å². The molecule has 1 aromatic rings. The van der Waals surface area contributed by atoms with E-state index in [2.05, 4.69) is 0 Å². The lowest BCUT2D eigenvalue weighted by molar-refractivity contribution is -0.144. The Bertz CT molecular complexity index is 827. The zero-order valence-electron chi connectivity index (χ0n) is 17.0. The van der Waals surface area contributed by atoms with Gasteiger partial charge in [0, 0.05) is 44.8 Å². The Balaban J connectivity index is 1.61. The van der Waals surface area contributed by atoms with Gasteiger partial charge in [-0.25, -0.2) is 8.42 Å². The van der Waals surface area contributed by atoms with Gasteiger partial charge >= 0.3 is 0 Å². The molecule has 3 fully saturated rings. The molecule has 1 aromatic carbocycles. The second kappa shape index (κ2) is 8.34. The molecule has 0 aromatic heterocycles. The van der Waals surface area contributed by atoms with E-state index in [4.69, 9.17) is 9.47 Å². The molecule has 1 unspecified atom stereocenters. The van der Waals surface area contributed by atoms with Crippen molar-refractivity contribution in [1.82, 2.24) is 9.21 Å². The maximum absolute atomic E-state index is 13.4. The highest BCUT2D eigenvalue weighted by molar-refractivity contribution is 7.89. The fraction of sp³-hybridized carbons (Fsp3) is 0.667. The number of hydrogen-bond donors (Lipinski definition) is 0. The van der Waals surface area contributed by atoms with Crippen LogP contribution in [-0.4, -0.2) is 76.1 Å². The number of ether oxygens (including phenoxy) is 2. The summed E-state index contributed by atoms with van der Waals surface area (Å²) in [5, 5.41) is 0. The van der Waals surface area contributed by atoms with Crippen LogP contribution in [0.2, 0.25) is 0 Å². The molecule has 0 aliphatic carbocycles. The van der Waals surface area contributed by atoms with Crippen molar-refractivity contribution in [3.63, 3.8) is 0 Å². The highest BCUT2D eigenvalue weighted by Gasteiger charge is 2.54. The van der Waals surface area contributed by atoms with E-state index in [0.29, 0.717) is 63.8 Å². The van der Waals surface area contributed by atoms with Gasteiger partial charge in [-0.2, -0.15) is 4.31 Å². The van der Waals surface area contributed by atoms with Crippen molar-refractivity contribution < 1.29 is 22.7 Å². The lowest BCUT2D eigenvalue weighted by atomic mass is 9.71. The number of benzene rings is 1. The molecule has 8 heteroatoms. The molecule has 1 amide bonds. The second-order valence-corrected chi connectivity index (χ2v) is 10.2. The summed E-state index contributed by atoms with van der Waals surface area (Å²) in [5.74, 6) is -0.261. The predicted molar refractivity (Wildman–Crippen MR) is 108 cm³/mol. The third kappa shape index (κ3) is 3.95. The molecule has 7 nitrogen and oxygen atoms in total. The second-order valence-electron chi connectivity index (χ2n) is 8.26. The van der Waals surface area contributed by atoms with Crippen molar-refractivity contribution >= 4 is 15.9 Å². The number of sulfonamides is 1. The maximum atomic E-state index is 13.4. The van der Waals surface area contributed by atoms with E-state index < -0.39 is 10.0 Å². The summed E-state index contributed by atoms with van der Waals surface area (Å²) in [6.45, 7) is 6.06. The fourth-order valence-electron chi connectivity index (χ4n) is 4.78. The quantitative estimate of drug-likeness (QED) is 0.736. The van der Waals surface area contributed by atoms with Gasteiger partial charge in [0.2, 0.25) is 15.9 Å². The van der Waals surface area contributed by atoms with E-state index in [1.54, 1.807) is 12.1 Å². The van der Waals surface area contributed by atoms with Crippen molar-refractivity contribution in [3.8, 4) is 0 Å². The average molecular weight is 423 g/mol. The number of morpholine rings is 1. The van der Waals surface area contributed by atoms with Crippen molar-refractivity contribution in [2.75, 3.05) is 52.6 Å². The third-order valence-electron chi connectivity index (χ3n) is 6.70. The lowest BCUT2D eigenvalue weighted by Gasteiger charge is -2.39. The first kappa shape index (κ1) is 20.8. The van der Waals surface area contributed by atoms with Crippen LogP contribution in [0.1, 0.15) is 25.3 Å². The van der Waals surface area contributed by atoms with E-state index in [1.165, 1.54) is 4.31 Å². The van der Waals surface area contributed by atoms with Crippen molar-refractivity contribution in [2.45, 2.75) is 31.1 Å². The molecule has 0 saturated carbocycles. The van der Waals surface area contributed by atoms with Crippen LogP contribution in [0, 0.1) is 11.3 Å².